The topological polar surface area (TPSA) is 49.3 Å². The molecule has 5 heteroatoms. The second kappa shape index (κ2) is 5.73. The van der Waals surface area contributed by atoms with E-state index in [1.807, 2.05) is 18.2 Å². The van der Waals surface area contributed by atoms with Crippen molar-refractivity contribution in [3.8, 4) is 0 Å². The zero-order valence-electron chi connectivity index (χ0n) is 10.7. The molecule has 2 N–H and O–H groups in total. The molecule has 3 nitrogen and oxygen atoms in total. The molecule has 20 heavy (non-hydrogen) atoms. The number of halogens is 2. The molecule has 0 aromatic heterocycles. The molecule has 0 radical (unpaired) electrons. The van der Waals surface area contributed by atoms with Gasteiger partial charge in [0.15, 0.2) is 5.54 Å². The maximum atomic E-state index is 11.7. The van der Waals surface area contributed by atoms with Crippen molar-refractivity contribution in [1.29, 1.82) is 0 Å². The minimum absolute atomic E-state index is 0.325. The predicted octanol–water partition coefficient (Wildman–Crippen LogP) is 4.41. The summed E-state index contributed by atoms with van der Waals surface area (Å²) in [6.45, 7) is 1.59. The van der Waals surface area contributed by atoms with Crippen LogP contribution in [0.15, 0.2) is 48.5 Å². The summed E-state index contributed by atoms with van der Waals surface area (Å²) >= 11 is 11.8. The van der Waals surface area contributed by atoms with Gasteiger partial charge in [-0.05, 0) is 36.8 Å². The van der Waals surface area contributed by atoms with Crippen molar-refractivity contribution in [2.24, 2.45) is 0 Å². The number of aliphatic carboxylic acids is 1. The highest BCUT2D eigenvalue weighted by Gasteiger charge is 2.35. The Hall–Kier alpha value is -1.71. The van der Waals surface area contributed by atoms with E-state index in [4.69, 9.17) is 23.2 Å². The molecular weight excluding hydrogens is 297 g/mol. The van der Waals surface area contributed by atoms with E-state index in [1.165, 1.54) is 0 Å². The van der Waals surface area contributed by atoms with Gasteiger partial charge in [-0.15, -0.1) is 0 Å². The zero-order chi connectivity index (χ0) is 14.8. The highest BCUT2D eigenvalue weighted by atomic mass is 35.5. The van der Waals surface area contributed by atoms with Crippen LogP contribution < -0.4 is 5.32 Å². The summed E-state index contributed by atoms with van der Waals surface area (Å²) in [5.74, 6) is -1.00. The summed E-state index contributed by atoms with van der Waals surface area (Å²) < 4.78 is 0. The Labute approximate surface area is 127 Å². The largest absolute Gasteiger partial charge is 0.479 e. The van der Waals surface area contributed by atoms with Crippen LogP contribution in [0, 0.1) is 0 Å². The molecule has 0 spiro atoms. The van der Waals surface area contributed by atoms with Crippen LogP contribution in [0.2, 0.25) is 10.0 Å². The van der Waals surface area contributed by atoms with Gasteiger partial charge < -0.3 is 10.4 Å². The summed E-state index contributed by atoms with van der Waals surface area (Å²) in [4.78, 5) is 11.7. The lowest BCUT2D eigenvalue weighted by Gasteiger charge is -2.28. The molecule has 0 saturated heterocycles. The van der Waals surface area contributed by atoms with Crippen LogP contribution in [0.5, 0.6) is 0 Å². The smallest absolute Gasteiger partial charge is 0.333 e. The zero-order valence-corrected chi connectivity index (χ0v) is 12.2. The van der Waals surface area contributed by atoms with Gasteiger partial charge in [0.05, 0.1) is 10.0 Å². The second-order valence-electron chi connectivity index (χ2n) is 4.55. The second-order valence-corrected chi connectivity index (χ2v) is 5.36. The fraction of sp³-hybridized carbons (Fsp3) is 0.133. The Morgan fingerprint density at radius 2 is 1.75 bits per heavy atom. The van der Waals surface area contributed by atoms with Crippen LogP contribution in [0.1, 0.15) is 12.5 Å². The van der Waals surface area contributed by atoms with Gasteiger partial charge in [-0.2, -0.15) is 0 Å². The van der Waals surface area contributed by atoms with E-state index in [2.05, 4.69) is 5.32 Å². The molecule has 0 aliphatic carbocycles. The Bertz CT molecular complexity index is 631. The van der Waals surface area contributed by atoms with Crippen LogP contribution in [-0.4, -0.2) is 11.1 Å². The third kappa shape index (κ3) is 2.89. The van der Waals surface area contributed by atoms with Crippen LogP contribution in [0.4, 0.5) is 5.69 Å². The number of hydrogen-bond acceptors (Lipinski definition) is 2. The van der Waals surface area contributed by atoms with Gasteiger partial charge in [0, 0.05) is 5.69 Å². The van der Waals surface area contributed by atoms with Crippen molar-refractivity contribution >= 4 is 34.9 Å². The van der Waals surface area contributed by atoms with Crippen LogP contribution in [0.25, 0.3) is 0 Å². The van der Waals surface area contributed by atoms with E-state index in [0.717, 1.165) is 0 Å². The molecule has 0 saturated carbocycles. The number of para-hydroxylation sites is 1. The van der Waals surface area contributed by atoms with Crippen molar-refractivity contribution in [2.75, 3.05) is 5.32 Å². The molecule has 0 fully saturated rings. The summed E-state index contributed by atoms with van der Waals surface area (Å²) in [7, 11) is 0. The molecule has 2 aromatic carbocycles. The Morgan fingerprint density at radius 1 is 1.10 bits per heavy atom. The third-order valence-corrected chi connectivity index (χ3v) is 3.83. The van der Waals surface area contributed by atoms with Gasteiger partial charge in [0.25, 0.3) is 0 Å². The molecule has 2 aromatic rings. The number of hydrogen-bond donors (Lipinski definition) is 2. The van der Waals surface area contributed by atoms with Gasteiger partial charge >= 0.3 is 5.97 Å². The average Bonchev–Trinajstić information content (AvgIpc) is 2.42. The van der Waals surface area contributed by atoms with Crippen molar-refractivity contribution < 1.29 is 9.90 Å². The normalized spacial score (nSPS) is 13.6. The van der Waals surface area contributed by atoms with Crippen molar-refractivity contribution in [3.63, 3.8) is 0 Å². The van der Waals surface area contributed by atoms with Gasteiger partial charge in [-0.3, -0.25) is 0 Å². The maximum Gasteiger partial charge on any atom is 0.333 e. The molecule has 0 aliphatic heterocycles. The maximum absolute atomic E-state index is 11.7. The molecule has 104 valence electrons. The van der Waals surface area contributed by atoms with Gasteiger partial charge in [0.2, 0.25) is 0 Å². The van der Waals surface area contributed by atoms with Crippen molar-refractivity contribution in [1.82, 2.24) is 0 Å². The van der Waals surface area contributed by atoms with Crippen LogP contribution >= 0.6 is 23.2 Å². The first kappa shape index (κ1) is 14.7. The summed E-state index contributed by atoms with van der Waals surface area (Å²) in [6.07, 6.45) is 0. The first-order chi connectivity index (χ1) is 9.43. The molecule has 0 aliphatic rings. The molecule has 2 rings (SSSR count). The number of anilines is 1. The Balaban J connectivity index is 2.43. The number of benzene rings is 2. The predicted molar refractivity (Wildman–Crippen MR) is 81.5 cm³/mol. The molecule has 0 heterocycles. The lowest BCUT2D eigenvalue weighted by atomic mass is 9.91. The van der Waals surface area contributed by atoms with E-state index in [9.17, 15) is 9.90 Å². The monoisotopic (exact) mass is 309 g/mol. The molecule has 1 atom stereocenters. The van der Waals surface area contributed by atoms with Crippen molar-refractivity contribution in [2.45, 2.75) is 12.5 Å². The van der Waals surface area contributed by atoms with Crippen LogP contribution in [-0.2, 0) is 10.3 Å². The third-order valence-electron chi connectivity index (χ3n) is 3.09. The standard InChI is InChI=1S/C15H13Cl2NO2/c1-15(14(19)20,18-11-5-3-2-4-6-11)10-7-8-12(16)13(17)9-10/h2-9,18H,1H3,(H,19,20). The molecule has 0 amide bonds. The van der Waals surface area contributed by atoms with E-state index in [-0.39, 0.29) is 0 Å². The van der Waals surface area contributed by atoms with Crippen LogP contribution in [0.3, 0.4) is 0 Å². The lowest BCUT2D eigenvalue weighted by Crippen LogP contribution is -2.40. The van der Waals surface area contributed by atoms with Gasteiger partial charge in [0.1, 0.15) is 0 Å². The minimum Gasteiger partial charge on any atom is -0.479 e. The van der Waals surface area contributed by atoms with Crippen molar-refractivity contribution in [3.05, 3.63) is 64.1 Å². The fourth-order valence-electron chi connectivity index (χ4n) is 1.87. The van der Waals surface area contributed by atoms with E-state index in [0.29, 0.717) is 21.3 Å². The quantitative estimate of drug-likeness (QED) is 0.879. The number of nitrogens with one attached hydrogen (secondary N) is 1. The first-order valence-corrected chi connectivity index (χ1v) is 6.71. The Kier molecular flexibility index (Phi) is 4.21. The SMILES string of the molecule is CC(Nc1ccccc1)(C(=O)O)c1ccc(Cl)c(Cl)c1. The molecular formula is C15H13Cl2NO2. The van der Waals surface area contributed by atoms with Gasteiger partial charge in [-0.1, -0.05) is 47.5 Å². The summed E-state index contributed by atoms with van der Waals surface area (Å²) in [5, 5.41) is 13.3. The number of rotatable bonds is 4. The Morgan fingerprint density at radius 3 is 2.30 bits per heavy atom. The highest BCUT2D eigenvalue weighted by molar-refractivity contribution is 6.42. The molecule has 1 unspecified atom stereocenters. The number of carboxylic acid groups (broad SMARTS) is 1. The summed E-state index contributed by atoms with van der Waals surface area (Å²) in [5.41, 5.74) is -0.0537. The average molecular weight is 310 g/mol. The number of carboxylic acids is 1. The van der Waals surface area contributed by atoms with E-state index >= 15 is 0 Å². The van der Waals surface area contributed by atoms with E-state index < -0.39 is 11.5 Å². The first-order valence-electron chi connectivity index (χ1n) is 5.95. The lowest BCUT2D eigenvalue weighted by molar-refractivity contribution is -0.142. The van der Waals surface area contributed by atoms with E-state index in [1.54, 1.807) is 37.3 Å². The fourth-order valence-corrected chi connectivity index (χ4v) is 2.16. The number of carbonyl (C=O) groups is 1. The summed E-state index contributed by atoms with van der Waals surface area (Å²) in [6, 6.07) is 13.9. The highest BCUT2D eigenvalue weighted by Crippen LogP contribution is 2.31. The minimum atomic E-state index is -1.30. The van der Waals surface area contributed by atoms with Gasteiger partial charge in [-0.25, -0.2) is 4.79 Å². The molecule has 0 bridgehead atoms.